The Morgan fingerprint density at radius 3 is 1.93 bits per heavy atom. The smallest absolute Gasteiger partial charge is 1.00 e. The SMILES string of the molecule is O=S(O)c1ccc(P(=O)(O)O)cc1.[H-].[Li+]. The molecule has 0 aromatic heterocycles. The minimum atomic E-state index is -4.25. The summed E-state index contributed by atoms with van der Waals surface area (Å²) >= 11 is -2.12. The molecule has 1 atom stereocenters. The molecule has 0 aliphatic heterocycles. The summed E-state index contributed by atoms with van der Waals surface area (Å²) < 4.78 is 29.7. The Labute approximate surface area is 96.6 Å². The third-order valence-corrected chi connectivity index (χ3v) is 3.02. The molecule has 0 saturated heterocycles. The van der Waals surface area contributed by atoms with Crippen molar-refractivity contribution in [2.45, 2.75) is 4.90 Å². The van der Waals surface area contributed by atoms with Gasteiger partial charge in [-0.2, -0.15) is 0 Å². The van der Waals surface area contributed by atoms with Crippen LogP contribution in [0.15, 0.2) is 29.2 Å². The van der Waals surface area contributed by atoms with Gasteiger partial charge in [0.2, 0.25) is 0 Å². The molecular weight excluding hydrogens is 222 g/mol. The van der Waals surface area contributed by atoms with Gasteiger partial charge in [-0.25, -0.2) is 4.21 Å². The minimum absolute atomic E-state index is 0. The van der Waals surface area contributed by atoms with Crippen molar-refractivity contribution in [1.29, 1.82) is 0 Å². The van der Waals surface area contributed by atoms with Gasteiger partial charge in [0.15, 0.2) is 11.1 Å². The molecule has 1 unspecified atom stereocenters. The van der Waals surface area contributed by atoms with E-state index in [0.29, 0.717) is 0 Å². The average Bonchev–Trinajstić information content (AvgIpc) is 2.03. The largest absolute Gasteiger partial charge is 1.00 e. The molecule has 0 aliphatic rings. The van der Waals surface area contributed by atoms with Crippen LogP contribution in [0.5, 0.6) is 0 Å². The monoisotopic (exact) mass is 230 g/mol. The first kappa shape index (κ1) is 14.1. The zero-order valence-electron chi connectivity index (χ0n) is 8.32. The van der Waals surface area contributed by atoms with E-state index in [1.54, 1.807) is 0 Å². The summed E-state index contributed by atoms with van der Waals surface area (Å²) in [6.45, 7) is 0. The number of hydrogen-bond acceptors (Lipinski definition) is 2. The molecule has 0 saturated carbocycles. The molecular formula is C6H8LiO5PS. The summed E-state index contributed by atoms with van der Waals surface area (Å²) in [6, 6.07) is 4.66. The van der Waals surface area contributed by atoms with Gasteiger partial charge in [-0.3, -0.25) is 4.57 Å². The van der Waals surface area contributed by atoms with E-state index in [0.717, 1.165) is 12.1 Å². The van der Waals surface area contributed by atoms with Gasteiger partial charge in [-0.05, 0) is 24.3 Å². The molecule has 0 fully saturated rings. The maximum absolute atomic E-state index is 10.7. The number of rotatable bonds is 2. The predicted octanol–water partition coefficient (Wildman–Crippen LogP) is -2.81. The van der Waals surface area contributed by atoms with Crippen LogP contribution in [-0.2, 0) is 15.6 Å². The fourth-order valence-corrected chi connectivity index (χ4v) is 1.66. The van der Waals surface area contributed by atoms with E-state index in [1.807, 2.05) is 0 Å². The third-order valence-electron chi connectivity index (χ3n) is 1.37. The van der Waals surface area contributed by atoms with E-state index >= 15 is 0 Å². The Morgan fingerprint density at radius 2 is 1.64 bits per heavy atom. The van der Waals surface area contributed by atoms with E-state index in [-0.39, 0.29) is 30.5 Å². The van der Waals surface area contributed by atoms with Gasteiger partial charge in [0, 0.05) is 0 Å². The van der Waals surface area contributed by atoms with Gasteiger partial charge in [-0.1, -0.05) is 0 Å². The van der Waals surface area contributed by atoms with Crippen LogP contribution >= 0.6 is 7.60 Å². The van der Waals surface area contributed by atoms with E-state index in [9.17, 15) is 8.77 Å². The third kappa shape index (κ3) is 3.68. The summed E-state index contributed by atoms with van der Waals surface area (Å²) in [6.07, 6.45) is 0. The Morgan fingerprint density at radius 1 is 1.21 bits per heavy atom. The van der Waals surface area contributed by atoms with Crippen molar-refractivity contribution < 1.29 is 43.4 Å². The minimum Gasteiger partial charge on any atom is -1.00 e. The first-order valence-corrected chi connectivity index (χ1v) is 5.90. The fourth-order valence-electron chi connectivity index (χ4n) is 0.757. The van der Waals surface area contributed by atoms with Gasteiger partial charge < -0.3 is 15.8 Å². The molecule has 8 heteroatoms. The van der Waals surface area contributed by atoms with E-state index in [2.05, 4.69) is 0 Å². The van der Waals surface area contributed by atoms with Crippen LogP contribution in [0.1, 0.15) is 1.43 Å². The summed E-state index contributed by atoms with van der Waals surface area (Å²) in [7, 11) is -4.25. The first-order chi connectivity index (χ1) is 5.91. The van der Waals surface area contributed by atoms with Crippen molar-refractivity contribution in [2.24, 2.45) is 0 Å². The van der Waals surface area contributed by atoms with Crippen LogP contribution < -0.4 is 24.2 Å². The molecule has 0 amide bonds. The molecule has 3 N–H and O–H groups in total. The predicted molar refractivity (Wildman–Crippen MR) is 48.3 cm³/mol. The van der Waals surface area contributed by atoms with Gasteiger partial charge in [0.1, 0.15) is 0 Å². The Kier molecular flexibility index (Phi) is 5.27. The normalized spacial score (nSPS) is 13.1. The zero-order valence-corrected chi connectivity index (χ0v) is 9.03. The summed E-state index contributed by atoms with van der Waals surface area (Å²) in [5, 5.41) is -0.165. The molecule has 0 bridgehead atoms. The first-order valence-electron chi connectivity index (χ1n) is 3.18. The Bertz CT molecular complexity index is 378. The van der Waals surface area contributed by atoms with Gasteiger partial charge >= 0.3 is 26.5 Å². The van der Waals surface area contributed by atoms with Crippen molar-refractivity contribution in [2.75, 3.05) is 0 Å². The van der Waals surface area contributed by atoms with Crippen LogP contribution in [0.4, 0.5) is 0 Å². The second-order valence-electron chi connectivity index (χ2n) is 2.29. The molecule has 0 aliphatic carbocycles. The van der Waals surface area contributed by atoms with E-state index < -0.39 is 18.7 Å². The maximum atomic E-state index is 10.7. The topological polar surface area (TPSA) is 94.8 Å². The van der Waals surface area contributed by atoms with Crippen LogP contribution in [0.3, 0.4) is 0 Å². The van der Waals surface area contributed by atoms with Crippen LogP contribution in [-0.4, -0.2) is 18.5 Å². The van der Waals surface area contributed by atoms with Crippen molar-refractivity contribution in [3.63, 3.8) is 0 Å². The molecule has 14 heavy (non-hydrogen) atoms. The second-order valence-corrected chi connectivity index (χ2v) is 4.86. The molecule has 1 aromatic rings. The van der Waals surface area contributed by atoms with Crippen LogP contribution in [0.25, 0.3) is 0 Å². The molecule has 0 radical (unpaired) electrons. The second kappa shape index (κ2) is 5.24. The summed E-state index contributed by atoms with van der Waals surface area (Å²) in [5.74, 6) is 0. The van der Waals surface area contributed by atoms with Crippen LogP contribution in [0, 0.1) is 0 Å². The number of benzene rings is 1. The molecule has 0 spiro atoms. The molecule has 0 heterocycles. The van der Waals surface area contributed by atoms with E-state index in [4.69, 9.17) is 14.3 Å². The average molecular weight is 230 g/mol. The quantitative estimate of drug-likeness (QED) is 0.289. The maximum Gasteiger partial charge on any atom is 1.00 e. The Balaban J connectivity index is 0. The number of hydrogen-bond donors (Lipinski definition) is 3. The molecule has 5 nitrogen and oxygen atoms in total. The Hall–Kier alpha value is 0.0774. The fraction of sp³-hybridized carbons (Fsp3) is 0. The molecule has 1 aromatic carbocycles. The summed E-state index contributed by atoms with van der Waals surface area (Å²) in [5.41, 5.74) is 0. The van der Waals surface area contributed by atoms with Gasteiger partial charge in [-0.15, -0.1) is 0 Å². The van der Waals surface area contributed by atoms with Gasteiger partial charge in [0.25, 0.3) is 0 Å². The van der Waals surface area contributed by atoms with E-state index in [1.165, 1.54) is 12.1 Å². The van der Waals surface area contributed by atoms with Crippen molar-refractivity contribution in [3.8, 4) is 0 Å². The molecule has 1 rings (SSSR count). The van der Waals surface area contributed by atoms with Crippen molar-refractivity contribution in [3.05, 3.63) is 24.3 Å². The zero-order chi connectivity index (χ0) is 10.1. The summed E-state index contributed by atoms with van der Waals surface area (Å²) in [4.78, 5) is 17.5. The standard InChI is InChI=1S/C6H7O5PS.Li.H/c7-12(8,9)5-1-3-6(4-2-5)13(10)11;;/h1-4H,(H,10,11)(H2,7,8,9);;/q;+1;-1. The molecule has 74 valence electrons. The van der Waals surface area contributed by atoms with Gasteiger partial charge in [0.05, 0.1) is 10.2 Å². The van der Waals surface area contributed by atoms with Crippen molar-refractivity contribution in [1.82, 2.24) is 0 Å². The van der Waals surface area contributed by atoms with Crippen LogP contribution in [0.2, 0.25) is 0 Å². The van der Waals surface area contributed by atoms with Crippen molar-refractivity contribution >= 4 is 24.0 Å².